The van der Waals surface area contributed by atoms with Gasteiger partial charge in [0.05, 0.1) is 17.6 Å². The topological polar surface area (TPSA) is 89.7 Å². The van der Waals surface area contributed by atoms with Gasteiger partial charge in [0.1, 0.15) is 6.10 Å². The van der Waals surface area contributed by atoms with Crippen molar-refractivity contribution >= 4 is 11.7 Å². The number of ether oxygens (including phenoxy) is 1. The largest absolute Gasteiger partial charge is 0.467 e. The number of rotatable bonds is 5. The molecule has 0 saturated heterocycles. The van der Waals surface area contributed by atoms with E-state index in [0.29, 0.717) is 0 Å². The van der Waals surface area contributed by atoms with E-state index in [2.05, 4.69) is 4.74 Å². The molecule has 0 radical (unpaired) electrons. The molecule has 1 N–H and O–H groups in total. The minimum absolute atomic E-state index is 0.0146. The van der Waals surface area contributed by atoms with Crippen LogP contribution in [0.4, 0.5) is 10.1 Å². The highest BCUT2D eigenvalue weighted by atomic mass is 19.1. The van der Waals surface area contributed by atoms with E-state index in [4.69, 9.17) is 0 Å². The van der Waals surface area contributed by atoms with E-state index >= 15 is 0 Å². The lowest BCUT2D eigenvalue weighted by molar-refractivity contribution is -0.386. The minimum Gasteiger partial charge on any atom is -0.467 e. The molecule has 0 unspecified atom stereocenters. The molecule has 102 valence electrons. The van der Waals surface area contributed by atoms with Gasteiger partial charge in [-0.15, -0.1) is 0 Å². The Hall–Kier alpha value is -2.28. The predicted molar refractivity (Wildman–Crippen MR) is 64.1 cm³/mol. The number of nitro groups is 1. The van der Waals surface area contributed by atoms with E-state index in [9.17, 15) is 24.4 Å². The van der Waals surface area contributed by atoms with Crippen LogP contribution in [-0.2, 0) is 9.53 Å². The highest BCUT2D eigenvalue weighted by molar-refractivity contribution is 5.76. The Labute approximate surface area is 108 Å². The van der Waals surface area contributed by atoms with Crippen LogP contribution in [0, 0.1) is 10.1 Å². The molecule has 0 heterocycles. The van der Waals surface area contributed by atoms with Crippen molar-refractivity contribution in [3.05, 3.63) is 52.1 Å². The van der Waals surface area contributed by atoms with Gasteiger partial charge in [-0.25, -0.2) is 9.18 Å². The third kappa shape index (κ3) is 3.85. The Kier molecular flexibility index (Phi) is 5.13. The second-order valence-electron chi connectivity index (χ2n) is 3.57. The molecule has 1 rings (SSSR count). The van der Waals surface area contributed by atoms with Gasteiger partial charge >= 0.3 is 5.97 Å². The molecule has 7 heteroatoms. The Balaban J connectivity index is 2.90. The molecule has 6 nitrogen and oxygen atoms in total. The van der Waals surface area contributed by atoms with Crippen molar-refractivity contribution in [2.24, 2.45) is 0 Å². The molecule has 0 bridgehead atoms. The fraction of sp³-hybridized carbons (Fsp3) is 0.250. The summed E-state index contributed by atoms with van der Waals surface area (Å²) in [6.45, 7) is 0. The lowest BCUT2D eigenvalue weighted by Gasteiger charge is -2.07. The number of carbonyl (C=O) groups excluding carboxylic acids is 1. The third-order valence-corrected chi connectivity index (χ3v) is 2.34. The Morgan fingerprint density at radius 3 is 2.68 bits per heavy atom. The fourth-order valence-electron chi connectivity index (χ4n) is 1.40. The third-order valence-electron chi connectivity index (χ3n) is 2.34. The van der Waals surface area contributed by atoms with Crippen molar-refractivity contribution in [1.82, 2.24) is 0 Å². The average molecular weight is 269 g/mol. The number of halogens is 1. The van der Waals surface area contributed by atoms with Crippen LogP contribution in [0.2, 0.25) is 0 Å². The van der Waals surface area contributed by atoms with Crippen molar-refractivity contribution in [2.45, 2.75) is 12.3 Å². The van der Waals surface area contributed by atoms with Crippen molar-refractivity contribution in [2.75, 3.05) is 7.11 Å². The first-order chi connectivity index (χ1) is 8.97. The number of nitro benzene ring substituents is 1. The number of methoxy groups -OCH3 is 1. The molecule has 0 fully saturated rings. The first-order valence-corrected chi connectivity index (χ1v) is 5.29. The summed E-state index contributed by atoms with van der Waals surface area (Å²) in [6.07, 6.45) is -1.66. The van der Waals surface area contributed by atoms with Gasteiger partial charge < -0.3 is 9.84 Å². The summed E-state index contributed by atoms with van der Waals surface area (Å²) in [6, 6.07) is 5.52. The van der Waals surface area contributed by atoms with E-state index in [1.54, 1.807) is 0 Å². The van der Waals surface area contributed by atoms with Gasteiger partial charge in [0.2, 0.25) is 6.17 Å². The van der Waals surface area contributed by atoms with E-state index in [1.807, 2.05) is 0 Å². The smallest absolute Gasteiger partial charge is 0.344 e. The zero-order valence-corrected chi connectivity index (χ0v) is 10.0. The summed E-state index contributed by atoms with van der Waals surface area (Å²) in [4.78, 5) is 20.9. The molecule has 0 spiro atoms. The minimum atomic E-state index is -2.03. The Bertz CT molecular complexity index is 503. The van der Waals surface area contributed by atoms with Gasteiger partial charge in [-0.2, -0.15) is 0 Å². The van der Waals surface area contributed by atoms with Crippen LogP contribution < -0.4 is 0 Å². The normalized spacial score (nSPS) is 14.1. The number of alkyl halides is 1. The molecule has 1 aromatic carbocycles. The van der Waals surface area contributed by atoms with Crippen LogP contribution >= 0.6 is 0 Å². The van der Waals surface area contributed by atoms with Crippen LogP contribution in [0.5, 0.6) is 0 Å². The van der Waals surface area contributed by atoms with Gasteiger partial charge in [-0.1, -0.05) is 18.2 Å². The molecule has 19 heavy (non-hydrogen) atoms. The van der Waals surface area contributed by atoms with Crippen LogP contribution in [0.15, 0.2) is 36.4 Å². The first-order valence-electron chi connectivity index (χ1n) is 5.29. The second-order valence-corrected chi connectivity index (χ2v) is 3.57. The zero-order valence-electron chi connectivity index (χ0n) is 10.0. The number of esters is 1. The van der Waals surface area contributed by atoms with Crippen LogP contribution in [0.25, 0.3) is 0 Å². The second kappa shape index (κ2) is 6.60. The molecule has 0 aliphatic rings. The van der Waals surface area contributed by atoms with Crippen LogP contribution in [0.3, 0.4) is 0 Å². The maximum absolute atomic E-state index is 13.1. The van der Waals surface area contributed by atoms with Gasteiger partial charge in [0.25, 0.3) is 5.69 Å². The number of aliphatic hydroxyl groups excluding tert-OH is 1. The summed E-state index contributed by atoms with van der Waals surface area (Å²) in [5.41, 5.74) is -0.269. The van der Waals surface area contributed by atoms with Crippen molar-refractivity contribution in [1.29, 1.82) is 0 Å². The van der Waals surface area contributed by atoms with Gasteiger partial charge in [0.15, 0.2) is 0 Å². The quantitative estimate of drug-likeness (QED) is 0.380. The first kappa shape index (κ1) is 14.8. The highest BCUT2D eigenvalue weighted by Gasteiger charge is 2.19. The highest BCUT2D eigenvalue weighted by Crippen LogP contribution is 2.25. The van der Waals surface area contributed by atoms with E-state index in [0.717, 1.165) is 19.3 Å². The predicted octanol–water partition coefficient (Wildman–Crippen LogP) is 1.70. The summed E-state index contributed by atoms with van der Waals surface area (Å²) in [7, 11) is 1.03. The zero-order chi connectivity index (χ0) is 14.4. The fourth-order valence-corrected chi connectivity index (χ4v) is 1.40. The molecule has 1 aromatic rings. The van der Waals surface area contributed by atoms with E-state index < -0.39 is 23.2 Å². The molecule has 2 atom stereocenters. The Morgan fingerprint density at radius 2 is 2.11 bits per heavy atom. The van der Waals surface area contributed by atoms with Crippen LogP contribution in [0.1, 0.15) is 11.7 Å². The number of hydrogen-bond donors (Lipinski definition) is 1. The molecule has 0 aliphatic carbocycles. The number of nitrogens with zero attached hydrogens (tertiary/aromatic N) is 1. The maximum Gasteiger partial charge on any atom is 0.344 e. The standard InChI is InChI=1S/C12H12FNO5/c1-19-12(16)9(13)6-7-11(15)8-4-2-3-5-10(8)14(17)18/h2-7,9,11,15H,1H3/b7-6+/t9-,11+/m0/s1. The lowest BCUT2D eigenvalue weighted by atomic mass is 10.1. The van der Waals surface area contributed by atoms with E-state index in [1.165, 1.54) is 24.3 Å². The number of benzene rings is 1. The maximum atomic E-state index is 13.1. The number of para-hydroxylation sites is 1. The number of aliphatic hydroxyl groups is 1. The summed E-state index contributed by atoms with van der Waals surface area (Å²) < 4.78 is 17.3. The van der Waals surface area contributed by atoms with Gasteiger partial charge in [0, 0.05) is 6.07 Å². The van der Waals surface area contributed by atoms with E-state index in [-0.39, 0.29) is 11.3 Å². The van der Waals surface area contributed by atoms with Crippen molar-refractivity contribution in [3.63, 3.8) is 0 Å². The summed E-state index contributed by atoms with van der Waals surface area (Å²) in [5.74, 6) is -1.11. The molecule has 0 amide bonds. The molecule has 0 aromatic heterocycles. The van der Waals surface area contributed by atoms with Crippen molar-refractivity contribution < 1.29 is 24.0 Å². The van der Waals surface area contributed by atoms with Crippen molar-refractivity contribution in [3.8, 4) is 0 Å². The average Bonchev–Trinajstić information content (AvgIpc) is 2.43. The summed E-state index contributed by atoms with van der Waals surface area (Å²) in [5, 5.41) is 20.5. The number of hydrogen-bond acceptors (Lipinski definition) is 5. The molecular formula is C12H12FNO5. The van der Waals surface area contributed by atoms with Gasteiger partial charge in [-0.05, 0) is 12.1 Å². The molecule has 0 aliphatic heterocycles. The lowest BCUT2D eigenvalue weighted by Crippen LogP contribution is -2.14. The summed E-state index contributed by atoms with van der Waals surface area (Å²) >= 11 is 0. The SMILES string of the molecule is COC(=O)[C@@H](F)/C=C/[C@@H](O)c1ccccc1[N+](=O)[O-]. The van der Waals surface area contributed by atoms with Gasteiger partial charge in [-0.3, -0.25) is 10.1 Å². The monoisotopic (exact) mass is 269 g/mol. The van der Waals surface area contributed by atoms with Crippen LogP contribution in [-0.4, -0.2) is 29.3 Å². The number of carbonyl (C=O) groups is 1. The molecule has 0 saturated carbocycles. The molecular weight excluding hydrogens is 257 g/mol. The Morgan fingerprint density at radius 1 is 1.47 bits per heavy atom.